The number of aromatic amines is 1. The van der Waals surface area contributed by atoms with Crippen LogP contribution < -0.4 is 20.3 Å². The lowest BCUT2D eigenvalue weighted by molar-refractivity contribution is -0.121. The molecule has 1 aliphatic rings. The first-order chi connectivity index (χ1) is 15.3. The molecule has 1 amide bonds. The summed E-state index contributed by atoms with van der Waals surface area (Å²) in [5.41, 5.74) is 3.30. The number of amides is 1. The Kier molecular flexibility index (Phi) is 6.72. The fourth-order valence-corrected chi connectivity index (χ4v) is 3.81. The molecule has 3 aromatic rings. The standard InChI is InChI=1S/C24H29N5O2/c1-2-25-24(27-14-12-18-16-28-20-9-4-3-8-19(18)20)26-13-7-15-29-21-10-5-6-11-22(21)31-17-23(29)30/h3-6,8-11,16,28H,2,7,12-15,17H2,1H3,(H2,25,26,27). The largest absolute Gasteiger partial charge is 0.482 e. The molecule has 2 heterocycles. The lowest BCUT2D eigenvalue weighted by atomic mass is 10.1. The molecule has 4 rings (SSSR count). The van der Waals surface area contributed by atoms with E-state index in [1.807, 2.05) is 30.3 Å². The quantitative estimate of drug-likeness (QED) is 0.298. The Morgan fingerprint density at radius 3 is 2.90 bits per heavy atom. The Morgan fingerprint density at radius 1 is 1.16 bits per heavy atom. The highest BCUT2D eigenvalue weighted by atomic mass is 16.5. The maximum Gasteiger partial charge on any atom is 0.265 e. The molecule has 1 aliphatic heterocycles. The molecule has 0 fully saturated rings. The molecule has 0 saturated carbocycles. The summed E-state index contributed by atoms with van der Waals surface area (Å²) in [6.07, 6.45) is 3.76. The second-order valence-corrected chi connectivity index (χ2v) is 7.45. The summed E-state index contributed by atoms with van der Waals surface area (Å²) in [6, 6.07) is 16.0. The number of nitrogens with one attached hydrogen (secondary N) is 3. The van der Waals surface area contributed by atoms with Crippen molar-refractivity contribution < 1.29 is 9.53 Å². The SMILES string of the molecule is CCNC(=NCCCN1C(=O)COc2ccccc21)NCCc1c[nH]c2ccccc12. The molecule has 7 heteroatoms. The number of nitrogens with zero attached hydrogens (tertiary/aromatic N) is 2. The van der Waals surface area contributed by atoms with Gasteiger partial charge in [-0.3, -0.25) is 9.79 Å². The Hall–Kier alpha value is -3.48. The van der Waals surface area contributed by atoms with Crippen LogP contribution in [0.1, 0.15) is 18.9 Å². The van der Waals surface area contributed by atoms with Crippen LogP contribution in [-0.4, -0.2) is 49.6 Å². The van der Waals surface area contributed by atoms with E-state index in [0.29, 0.717) is 13.1 Å². The maximum absolute atomic E-state index is 12.3. The average molecular weight is 420 g/mol. The number of hydrogen-bond donors (Lipinski definition) is 3. The number of para-hydroxylation sites is 3. The highest BCUT2D eigenvalue weighted by Crippen LogP contribution is 2.31. The Labute approximate surface area is 182 Å². The van der Waals surface area contributed by atoms with Gasteiger partial charge in [-0.15, -0.1) is 0 Å². The zero-order valence-electron chi connectivity index (χ0n) is 17.9. The van der Waals surface area contributed by atoms with Crippen molar-refractivity contribution in [1.29, 1.82) is 0 Å². The maximum atomic E-state index is 12.3. The van der Waals surface area contributed by atoms with Crippen LogP contribution in [0.25, 0.3) is 10.9 Å². The van der Waals surface area contributed by atoms with Crippen LogP contribution >= 0.6 is 0 Å². The summed E-state index contributed by atoms with van der Waals surface area (Å²) in [7, 11) is 0. The zero-order chi connectivity index (χ0) is 21.5. The lowest BCUT2D eigenvalue weighted by Gasteiger charge is -2.29. The van der Waals surface area contributed by atoms with Crippen LogP contribution in [0.2, 0.25) is 0 Å². The van der Waals surface area contributed by atoms with Crippen LogP contribution in [-0.2, 0) is 11.2 Å². The number of hydrogen-bond acceptors (Lipinski definition) is 3. The number of carbonyl (C=O) groups is 1. The van der Waals surface area contributed by atoms with Crippen LogP contribution in [0.4, 0.5) is 5.69 Å². The van der Waals surface area contributed by atoms with Crippen LogP contribution in [0.15, 0.2) is 59.7 Å². The third kappa shape index (κ3) is 4.99. The van der Waals surface area contributed by atoms with E-state index in [9.17, 15) is 4.79 Å². The number of aromatic nitrogens is 1. The molecular weight excluding hydrogens is 390 g/mol. The number of ether oxygens (including phenoxy) is 1. The van der Waals surface area contributed by atoms with Gasteiger partial charge in [0, 0.05) is 43.3 Å². The third-order valence-electron chi connectivity index (χ3n) is 5.32. The number of guanidine groups is 1. The van der Waals surface area contributed by atoms with E-state index in [2.05, 4.69) is 51.9 Å². The van der Waals surface area contributed by atoms with Gasteiger partial charge in [0.2, 0.25) is 0 Å². The van der Waals surface area contributed by atoms with Crippen molar-refractivity contribution >= 4 is 28.5 Å². The van der Waals surface area contributed by atoms with Crippen molar-refractivity contribution in [1.82, 2.24) is 15.6 Å². The number of fused-ring (bicyclic) bond motifs is 2. The van der Waals surface area contributed by atoms with Gasteiger partial charge < -0.3 is 25.3 Å². The predicted octanol–water partition coefficient (Wildman–Crippen LogP) is 3.08. The molecule has 0 unspecified atom stereocenters. The number of rotatable bonds is 8. The first-order valence-electron chi connectivity index (χ1n) is 10.9. The summed E-state index contributed by atoms with van der Waals surface area (Å²) in [4.78, 5) is 22.1. The van der Waals surface area contributed by atoms with E-state index < -0.39 is 0 Å². The molecule has 162 valence electrons. The monoisotopic (exact) mass is 419 g/mol. The second-order valence-electron chi connectivity index (χ2n) is 7.45. The Balaban J connectivity index is 1.28. The topological polar surface area (TPSA) is 81.8 Å². The molecule has 2 aromatic carbocycles. The predicted molar refractivity (Wildman–Crippen MR) is 125 cm³/mol. The van der Waals surface area contributed by atoms with Gasteiger partial charge in [0.05, 0.1) is 5.69 Å². The van der Waals surface area contributed by atoms with Gasteiger partial charge in [0.1, 0.15) is 5.75 Å². The minimum Gasteiger partial charge on any atom is -0.482 e. The fourth-order valence-electron chi connectivity index (χ4n) is 3.81. The van der Waals surface area contributed by atoms with Crippen LogP contribution in [0, 0.1) is 0 Å². The van der Waals surface area contributed by atoms with Crippen LogP contribution in [0.5, 0.6) is 5.75 Å². The fraction of sp³-hybridized carbons (Fsp3) is 0.333. The van der Waals surface area contributed by atoms with Crippen molar-refractivity contribution in [2.24, 2.45) is 4.99 Å². The number of H-pyrrole nitrogens is 1. The number of carbonyl (C=O) groups excluding carboxylic acids is 1. The first-order valence-corrected chi connectivity index (χ1v) is 10.9. The number of benzene rings is 2. The Morgan fingerprint density at radius 2 is 2.00 bits per heavy atom. The van der Waals surface area contributed by atoms with Crippen molar-refractivity contribution in [3.05, 3.63) is 60.3 Å². The molecule has 31 heavy (non-hydrogen) atoms. The molecule has 7 nitrogen and oxygen atoms in total. The molecule has 1 aromatic heterocycles. The molecule has 0 aliphatic carbocycles. The molecular formula is C24H29N5O2. The molecule has 0 radical (unpaired) electrons. The summed E-state index contributed by atoms with van der Waals surface area (Å²) < 4.78 is 5.50. The normalized spacial score (nSPS) is 13.8. The summed E-state index contributed by atoms with van der Waals surface area (Å²) in [5, 5.41) is 7.97. The van der Waals surface area contributed by atoms with E-state index in [-0.39, 0.29) is 12.5 Å². The lowest BCUT2D eigenvalue weighted by Crippen LogP contribution is -2.40. The van der Waals surface area contributed by atoms with E-state index >= 15 is 0 Å². The zero-order valence-corrected chi connectivity index (χ0v) is 17.9. The smallest absolute Gasteiger partial charge is 0.265 e. The highest BCUT2D eigenvalue weighted by Gasteiger charge is 2.24. The molecule has 0 saturated heterocycles. The van der Waals surface area contributed by atoms with E-state index in [1.54, 1.807) is 4.90 Å². The second kappa shape index (κ2) is 10.0. The third-order valence-corrected chi connectivity index (χ3v) is 5.32. The van der Waals surface area contributed by atoms with Gasteiger partial charge in [-0.1, -0.05) is 30.3 Å². The number of anilines is 1. The molecule has 0 atom stereocenters. The average Bonchev–Trinajstić information content (AvgIpc) is 3.21. The summed E-state index contributed by atoms with van der Waals surface area (Å²) in [6.45, 7) is 5.00. The van der Waals surface area contributed by atoms with Crippen molar-refractivity contribution in [3.8, 4) is 5.75 Å². The minimum absolute atomic E-state index is 0.00793. The van der Waals surface area contributed by atoms with Gasteiger partial charge >= 0.3 is 0 Å². The first kappa shape index (κ1) is 20.8. The molecule has 3 N–H and O–H groups in total. The van der Waals surface area contributed by atoms with Gasteiger partial charge in [0.25, 0.3) is 5.91 Å². The van der Waals surface area contributed by atoms with E-state index in [0.717, 1.165) is 48.8 Å². The van der Waals surface area contributed by atoms with Crippen LogP contribution in [0.3, 0.4) is 0 Å². The summed E-state index contributed by atoms with van der Waals surface area (Å²) in [5.74, 6) is 1.56. The molecule has 0 spiro atoms. The van der Waals surface area contributed by atoms with E-state index in [4.69, 9.17) is 4.74 Å². The number of aliphatic imine (C=N–C) groups is 1. The minimum atomic E-state index is -0.00793. The van der Waals surface area contributed by atoms with E-state index in [1.165, 1.54) is 10.9 Å². The van der Waals surface area contributed by atoms with Gasteiger partial charge in [0.15, 0.2) is 12.6 Å². The highest BCUT2D eigenvalue weighted by molar-refractivity contribution is 5.97. The van der Waals surface area contributed by atoms with Gasteiger partial charge in [-0.05, 0) is 43.5 Å². The van der Waals surface area contributed by atoms with Gasteiger partial charge in [-0.25, -0.2) is 0 Å². The Bertz CT molecular complexity index is 1060. The molecule has 0 bridgehead atoms. The van der Waals surface area contributed by atoms with Gasteiger partial charge in [-0.2, -0.15) is 0 Å². The summed E-state index contributed by atoms with van der Waals surface area (Å²) >= 11 is 0. The van der Waals surface area contributed by atoms with Crippen molar-refractivity contribution in [3.63, 3.8) is 0 Å². The van der Waals surface area contributed by atoms with Crippen molar-refractivity contribution in [2.75, 3.05) is 37.7 Å². The van der Waals surface area contributed by atoms with Crippen molar-refractivity contribution in [2.45, 2.75) is 19.8 Å².